The van der Waals surface area contributed by atoms with Crippen LogP contribution in [0.25, 0.3) is 0 Å². The molecular formula is C40H68N8O10. The molecule has 0 aromatic heterocycles. The van der Waals surface area contributed by atoms with Gasteiger partial charge in [-0.3, -0.25) is 24.6 Å². The van der Waals surface area contributed by atoms with Crippen molar-refractivity contribution in [1.82, 2.24) is 31.9 Å². The number of amides is 5. The molecule has 58 heavy (non-hydrogen) atoms. The molecule has 0 fully saturated rings. The molecule has 0 spiro atoms. The Morgan fingerprint density at radius 2 is 1.33 bits per heavy atom. The molecule has 0 unspecified atom stereocenters. The minimum Gasteiger partial charge on any atom is -0.459 e. The van der Waals surface area contributed by atoms with Crippen molar-refractivity contribution in [2.45, 2.75) is 150 Å². The standard InChI is InChI=1S/C40H68N8O10/c1-11-24(6)29(35(53)47-30(25(7)49)37(55)57-21-26-16-13-12-14-17-26)46-33(51)27(18-15-19-43-38(41)42)44-34(52)28(20-22(2)3)45-36(54)31(32(50)23(4)5)48-39(56)58-40(8,9)10/h12-14,16-17,22-25,27-32,49-50H,11,15,18-21H2,1-10H3,(H,44,52)(H,45,54)(H,46,51)(H,47,53)(H,48,56)(H4,41,42,43)/t24-,25-,27+,28-,29-,30-,31-,32+/m0/s1. The molecule has 0 aliphatic carbocycles. The van der Waals surface area contributed by atoms with E-state index < -0.39 is 95.5 Å². The summed E-state index contributed by atoms with van der Waals surface area (Å²) >= 11 is 0. The lowest BCUT2D eigenvalue weighted by atomic mass is 9.96. The number of hydrogen-bond donors (Lipinski definition) is 10. The molecule has 1 rings (SSSR count). The summed E-state index contributed by atoms with van der Waals surface area (Å²) in [7, 11) is 0. The van der Waals surface area contributed by atoms with Gasteiger partial charge in [0.05, 0.1) is 12.2 Å². The second-order valence-corrected chi connectivity index (χ2v) is 16.3. The molecule has 0 aliphatic rings. The first-order chi connectivity index (χ1) is 27.0. The van der Waals surface area contributed by atoms with Crippen molar-refractivity contribution in [3.63, 3.8) is 0 Å². The van der Waals surface area contributed by atoms with Gasteiger partial charge in [0.1, 0.15) is 36.4 Å². The van der Waals surface area contributed by atoms with Gasteiger partial charge in [0.2, 0.25) is 23.6 Å². The van der Waals surface area contributed by atoms with E-state index in [0.29, 0.717) is 12.0 Å². The van der Waals surface area contributed by atoms with Crippen molar-refractivity contribution in [3.8, 4) is 0 Å². The van der Waals surface area contributed by atoms with Crippen LogP contribution in [-0.2, 0) is 40.1 Å². The second kappa shape index (κ2) is 24.7. The Bertz CT molecular complexity index is 1500. The number of aliphatic hydroxyl groups is 2. The molecule has 328 valence electrons. The number of nitrogens with two attached hydrogens (primary N) is 1. The highest BCUT2D eigenvalue weighted by molar-refractivity contribution is 5.96. The molecule has 8 atom stereocenters. The van der Waals surface area contributed by atoms with Gasteiger partial charge in [-0.15, -0.1) is 0 Å². The summed E-state index contributed by atoms with van der Waals surface area (Å²) in [6.45, 7) is 16.8. The van der Waals surface area contributed by atoms with Gasteiger partial charge in [0, 0.05) is 6.54 Å². The summed E-state index contributed by atoms with van der Waals surface area (Å²) < 4.78 is 10.7. The molecule has 0 saturated carbocycles. The zero-order valence-corrected chi connectivity index (χ0v) is 35.6. The van der Waals surface area contributed by atoms with E-state index in [1.165, 1.54) is 6.92 Å². The van der Waals surface area contributed by atoms with Crippen molar-refractivity contribution >= 4 is 41.7 Å². The first-order valence-electron chi connectivity index (χ1n) is 19.8. The summed E-state index contributed by atoms with van der Waals surface area (Å²) in [5, 5.41) is 44.4. The van der Waals surface area contributed by atoms with Crippen LogP contribution in [0.1, 0.15) is 100 Å². The zero-order valence-electron chi connectivity index (χ0n) is 35.6. The summed E-state index contributed by atoms with van der Waals surface area (Å²) in [5.74, 6) is -5.43. The van der Waals surface area contributed by atoms with E-state index in [2.05, 4.69) is 31.9 Å². The molecule has 18 nitrogen and oxygen atoms in total. The van der Waals surface area contributed by atoms with Crippen LogP contribution in [0.4, 0.5) is 4.79 Å². The van der Waals surface area contributed by atoms with Crippen molar-refractivity contribution in [3.05, 3.63) is 35.9 Å². The van der Waals surface area contributed by atoms with Gasteiger partial charge in [-0.05, 0) is 70.3 Å². The number of esters is 1. The third-order valence-electron chi connectivity index (χ3n) is 8.99. The quantitative estimate of drug-likeness (QED) is 0.0324. The fourth-order valence-corrected chi connectivity index (χ4v) is 5.55. The maximum atomic E-state index is 14.0. The number of guanidine groups is 1. The number of hydrogen-bond acceptors (Lipinski definition) is 11. The first-order valence-corrected chi connectivity index (χ1v) is 19.8. The Labute approximate surface area is 342 Å². The Morgan fingerprint density at radius 3 is 1.84 bits per heavy atom. The lowest BCUT2D eigenvalue weighted by Gasteiger charge is -2.31. The lowest BCUT2D eigenvalue weighted by molar-refractivity contribution is -0.152. The van der Waals surface area contributed by atoms with Gasteiger partial charge in [0.25, 0.3) is 0 Å². The van der Waals surface area contributed by atoms with Crippen LogP contribution in [0, 0.1) is 23.2 Å². The molecule has 18 heteroatoms. The maximum absolute atomic E-state index is 14.0. The van der Waals surface area contributed by atoms with Crippen LogP contribution in [0.2, 0.25) is 0 Å². The highest BCUT2D eigenvalue weighted by Gasteiger charge is 2.37. The fraction of sp³-hybridized carbons (Fsp3) is 0.675. The summed E-state index contributed by atoms with van der Waals surface area (Å²) in [6, 6.07) is 2.16. The summed E-state index contributed by atoms with van der Waals surface area (Å²) in [5.41, 5.74) is 5.22. The van der Waals surface area contributed by atoms with Crippen LogP contribution in [-0.4, -0.2) is 106 Å². The third kappa shape index (κ3) is 19.0. The SMILES string of the molecule is CC[C@H](C)[C@H](NC(=O)[C@@H](CCCNC(=N)N)NC(=O)[C@H](CC(C)C)NC(=O)[C@@H](NC(=O)OC(C)(C)C)[C@H](O)C(C)C)C(=O)N[C@H](C(=O)OCc1ccccc1)[C@H](C)O. The van der Waals surface area contributed by atoms with Gasteiger partial charge >= 0.3 is 12.1 Å². The van der Waals surface area contributed by atoms with Crippen LogP contribution < -0.4 is 37.6 Å². The average molecular weight is 821 g/mol. The van der Waals surface area contributed by atoms with E-state index in [0.717, 1.165) is 0 Å². The number of carbonyl (C=O) groups is 6. The fourth-order valence-electron chi connectivity index (χ4n) is 5.55. The number of alkyl carbamates (subject to hydrolysis) is 1. The summed E-state index contributed by atoms with van der Waals surface area (Å²) in [4.78, 5) is 81.1. The lowest BCUT2D eigenvalue weighted by Crippen LogP contribution is -2.61. The van der Waals surface area contributed by atoms with Crippen LogP contribution in [0.15, 0.2) is 30.3 Å². The second-order valence-electron chi connectivity index (χ2n) is 16.3. The number of rotatable bonds is 23. The normalized spacial score (nSPS) is 15.6. The Kier molecular flexibility index (Phi) is 21.8. The minimum absolute atomic E-state index is 0.00599. The van der Waals surface area contributed by atoms with Gasteiger partial charge in [0.15, 0.2) is 12.0 Å². The maximum Gasteiger partial charge on any atom is 0.408 e. The largest absolute Gasteiger partial charge is 0.459 e. The van der Waals surface area contributed by atoms with E-state index in [1.54, 1.807) is 78.8 Å². The monoisotopic (exact) mass is 821 g/mol. The molecule has 1 aromatic carbocycles. The number of carbonyl (C=O) groups excluding carboxylic acids is 6. The van der Waals surface area contributed by atoms with Crippen molar-refractivity contribution in [2.75, 3.05) is 6.54 Å². The first kappa shape index (κ1) is 51.0. The van der Waals surface area contributed by atoms with E-state index in [1.807, 2.05) is 13.8 Å². The van der Waals surface area contributed by atoms with Gasteiger partial charge in [-0.1, -0.05) is 78.3 Å². The Hall–Kier alpha value is -4.97. The van der Waals surface area contributed by atoms with E-state index in [4.69, 9.17) is 20.6 Å². The smallest absolute Gasteiger partial charge is 0.408 e. The van der Waals surface area contributed by atoms with Gasteiger partial charge < -0.3 is 57.3 Å². The van der Waals surface area contributed by atoms with Crippen LogP contribution in [0.3, 0.4) is 0 Å². The van der Waals surface area contributed by atoms with Crippen molar-refractivity contribution in [2.24, 2.45) is 23.5 Å². The van der Waals surface area contributed by atoms with Gasteiger partial charge in [-0.25, -0.2) is 9.59 Å². The van der Waals surface area contributed by atoms with Gasteiger partial charge in [-0.2, -0.15) is 0 Å². The molecular weight excluding hydrogens is 752 g/mol. The molecule has 1 aromatic rings. The highest BCUT2D eigenvalue weighted by atomic mass is 16.6. The Balaban J connectivity index is 3.37. The number of ether oxygens (including phenoxy) is 2. The third-order valence-corrected chi connectivity index (χ3v) is 8.99. The minimum atomic E-state index is -1.50. The Morgan fingerprint density at radius 1 is 0.776 bits per heavy atom. The average Bonchev–Trinajstić information content (AvgIpc) is 3.13. The van der Waals surface area contributed by atoms with Crippen molar-refractivity contribution < 1.29 is 48.5 Å². The molecule has 0 bridgehead atoms. The van der Waals surface area contributed by atoms with Crippen LogP contribution >= 0.6 is 0 Å². The molecule has 0 aliphatic heterocycles. The van der Waals surface area contributed by atoms with Crippen LogP contribution in [0.5, 0.6) is 0 Å². The number of aliphatic hydroxyl groups excluding tert-OH is 2. The molecule has 0 radical (unpaired) electrons. The van der Waals surface area contributed by atoms with E-state index >= 15 is 0 Å². The highest BCUT2D eigenvalue weighted by Crippen LogP contribution is 2.15. The summed E-state index contributed by atoms with van der Waals surface area (Å²) in [6.07, 6.45) is -2.89. The zero-order chi connectivity index (χ0) is 44.3. The molecule has 0 saturated heterocycles. The topological polar surface area (TPSA) is 283 Å². The number of nitrogens with one attached hydrogen (secondary N) is 7. The molecule has 11 N–H and O–H groups in total. The molecule has 0 heterocycles. The van der Waals surface area contributed by atoms with E-state index in [9.17, 15) is 39.0 Å². The predicted molar refractivity (Wildman–Crippen MR) is 218 cm³/mol. The predicted octanol–water partition coefficient (Wildman–Crippen LogP) is 1.32. The molecule has 5 amide bonds. The number of benzene rings is 1. The van der Waals surface area contributed by atoms with E-state index in [-0.39, 0.29) is 44.3 Å². The van der Waals surface area contributed by atoms with Crippen molar-refractivity contribution in [1.29, 1.82) is 5.41 Å².